The summed E-state index contributed by atoms with van der Waals surface area (Å²) in [6.45, 7) is 2.58. The highest BCUT2D eigenvalue weighted by molar-refractivity contribution is 5.89. The fourth-order valence-electron chi connectivity index (χ4n) is 6.07. The zero-order chi connectivity index (χ0) is 26.1. The minimum atomic E-state index is -5.08. The van der Waals surface area contributed by atoms with Gasteiger partial charge in [0.1, 0.15) is 5.75 Å². The standard InChI is InChI=1S/C24H29N3O2.C2HF3O2/c1-15(28)26-17-5-7-18(8-6-17)27-22-13-16-12-21-19-4-2-3-9-24(19,10-11-25-21)20(16)14-23(22)29;3-2(4,5)1(6)7/h5-8,13-14,19,21,25,27,29H,2-4,9-12H2,1H3,(H,26,28);(H,6,7)/t19-,21+,24+;/m1./s1. The van der Waals surface area contributed by atoms with E-state index in [9.17, 15) is 23.1 Å². The Labute approximate surface area is 207 Å². The highest BCUT2D eigenvalue weighted by atomic mass is 19.4. The molecule has 3 atom stereocenters. The first kappa shape index (κ1) is 25.8. The first-order valence-electron chi connectivity index (χ1n) is 12.0. The van der Waals surface area contributed by atoms with Crippen molar-refractivity contribution in [3.05, 3.63) is 47.5 Å². The van der Waals surface area contributed by atoms with Crippen LogP contribution >= 0.6 is 0 Å². The zero-order valence-electron chi connectivity index (χ0n) is 19.9. The number of carbonyl (C=O) groups excluding carboxylic acids is 1. The SMILES string of the molecule is CC(=O)Nc1ccc(Nc2cc3c(cc2O)[C@]24CCCC[C@@H]2[C@H](C3)NCC4)cc1.O=C(O)C(F)(F)F. The summed E-state index contributed by atoms with van der Waals surface area (Å²) in [5.74, 6) is -1.81. The molecule has 2 aromatic carbocycles. The minimum Gasteiger partial charge on any atom is -0.506 e. The minimum absolute atomic E-state index is 0.0856. The summed E-state index contributed by atoms with van der Waals surface area (Å²) in [5, 5.41) is 27.9. The number of nitrogens with one attached hydrogen (secondary N) is 3. The van der Waals surface area contributed by atoms with Crippen molar-refractivity contribution in [2.24, 2.45) is 5.92 Å². The Bertz CT molecular complexity index is 1130. The molecule has 2 bridgehead atoms. The molecule has 36 heavy (non-hydrogen) atoms. The first-order chi connectivity index (χ1) is 17.0. The number of carbonyl (C=O) groups is 2. The molecule has 7 nitrogen and oxygen atoms in total. The second-order valence-corrected chi connectivity index (χ2v) is 9.74. The van der Waals surface area contributed by atoms with Crippen LogP contribution in [0.4, 0.5) is 30.2 Å². The van der Waals surface area contributed by atoms with Gasteiger partial charge in [-0.1, -0.05) is 12.8 Å². The quantitative estimate of drug-likeness (QED) is 0.373. The molecule has 2 fully saturated rings. The van der Waals surface area contributed by atoms with E-state index in [1.54, 1.807) is 0 Å². The highest BCUT2D eigenvalue weighted by Crippen LogP contribution is 2.55. The van der Waals surface area contributed by atoms with Crippen molar-refractivity contribution in [3.63, 3.8) is 0 Å². The topological polar surface area (TPSA) is 111 Å². The predicted molar refractivity (Wildman–Crippen MR) is 130 cm³/mol. The van der Waals surface area contributed by atoms with Crippen LogP contribution in [0.5, 0.6) is 5.75 Å². The second kappa shape index (κ2) is 10.0. The molecule has 0 aromatic heterocycles. The van der Waals surface area contributed by atoms with E-state index in [2.05, 4.69) is 22.0 Å². The summed E-state index contributed by atoms with van der Waals surface area (Å²) in [7, 11) is 0. The molecule has 0 unspecified atom stereocenters. The fraction of sp³-hybridized carbons (Fsp3) is 0.462. The number of aliphatic carboxylic acids is 1. The Morgan fingerprint density at radius 1 is 1.08 bits per heavy atom. The lowest BCUT2D eigenvalue weighted by atomic mass is 9.53. The lowest BCUT2D eigenvalue weighted by Gasteiger charge is -2.56. The molecule has 1 heterocycles. The lowest BCUT2D eigenvalue weighted by molar-refractivity contribution is -0.192. The number of benzene rings is 2. The highest BCUT2D eigenvalue weighted by Gasteiger charge is 2.51. The fourth-order valence-corrected chi connectivity index (χ4v) is 6.07. The van der Waals surface area contributed by atoms with Crippen LogP contribution in [0.15, 0.2) is 36.4 Å². The van der Waals surface area contributed by atoms with Gasteiger partial charge in [-0.05, 0) is 85.7 Å². The Hall–Kier alpha value is -3.27. The number of halogens is 3. The largest absolute Gasteiger partial charge is 0.506 e. The summed E-state index contributed by atoms with van der Waals surface area (Å²) in [5.41, 5.74) is 5.41. The van der Waals surface area contributed by atoms with Crippen molar-refractivity contribution in [2.75, 3.05) is 17.2 Å². The van der Waals surface area contributed by atoms with Gasteiger partial charge in [0.15, 0.2) is 0 Å². The van der Waals surface area contributed by atoms with Gasteiger partial charge in [-0.2, -0.15) is 13.2 Å². The van der Waals surface area contributed by atoms with E-state index in [1.165, 1.54) is 50.2 Å². The molecule has 3 aliphatic rings. The van der Waals surface area contributed by atoms with Crippen LogP contribution in [0.1, 0.15) is 50.2 Å². The Morgan fingerprint density at radius 2 is 1.75 bits per heavy atom. The molecule has 1 saturated carbocycles. The number of rotatable bonds is 3. The van der Waals surface area contributed by atoms with Gasteiger partial charge in [0.25, 0.3) is 0 Å². The van der Waals surface area contributed by atoms with Gasteiger partial charge >= 0.3 is 12.1 Å². The van der Waals surface area contributed by atoms with E-state index in [-0.39, 0.29) is 11.3 Å². The van der Waals surface area contributed by atoms with Gasteiger partial charge < -0.3 is 26.2 Å². The van der Waals surface area contributed by atoms with Crippen LogP contribution < -0.4 is 16.0 Å². The van der Waals surface area contributed by atoms with Gasteiger partial charge in [0.2, 0.25) is 5.91 Å². The van der Waals surface area contributed by atoms with Crippen LogP contribution in [-0.2, 0) is 21.4 Å². The molecule has 2 aromatic rings. The molecule has 0 radical (unpaired) electrons. The van der Waals surface area contributed by atoms with Crippen LogP contribution in [0, 0.1) is 5.92 Å². The van der Waals surface area contributed by atoms with Crippen LogP contribution in [-0.4, -0.2) is 40.9 Å². The molecule has 5 rings (SSSR count). The third kappa shape index (κ3) is 5.28. The third-order valence-electron chi connectivity index (χ3n) is 7.49. The maximum atomic E-state index is 11.2. The van der Waals surface area contributed by atoms with Gasteiger partial charge in [-0.15, -0.1) is 0 Å². The van der Waals surface area contributed by atoms with Crippen LogP contribution in [0.2, 0.25) is 0 Å². The molecule has 194 valence electrons. The van der Waals surface area contributed by atoms with E-state index >= 15 is 0 Å². The number of fused-ring (bicyclic) bond motifs is 1. The van der Waals surface area contributed by atoms with Crippen molar-refractivity contribution >= 4 is 28.9 Å². The molecular formula is C26H30F3N3O4. The number of phenols is 1. The van der Waals surface area contributed by atoms with Crippen molar-refractivity contribution in [1.29, 1.82) is 0 Å². The van der Waals surface area contributed by atoms with E-state index in [0.717, 1.165) is 30.0 Å². The van der Waals surface area contributed by atoms with Crippen molar-refractivity contribution in [2.45, 2.75) is 63.1 Å². The number of hydrogen-bond acceptors (Lipinski definition) is 5. The molecule has 1 aliphatic heterocycles. The number of carboxylic acids is 1. The number of piperidine rings is 1. The molecule has 2 aliphatic carbocycles. The van der Waals surface area contributed by atoms with Crippen molar-refractivity contribution in [1.82, 2.24) is 5.32 Å². The number of amides is 1. The summed E-state index contributed by atoms with van der Waals surface area (Å²) in [6.07, 6.45) is 2.32. The maximum absolute atomic E-state index is 11.2. The third-order valence-corrected chi connectivity index (χ3v) is 7.49. The van der Waals surface area contributed by atoms with E-state index in [1.807, 2.05) is 30.3 Å². The number of hydrogen-bond donors (Lipinski definition) is 5. The number of phenolic OH excluding ortho intramolecular Hbond substituents is 1. The van der Waals surface area contributed by atoms with Gasteiger partial charge in [0.05, 0.1) is 5.69 Å². The van der Waals surface area contributed by atoms with E-state index < -0.39 is 12.1 Å². The Morgan fingerprint density at radius 3 is 2.39 bits per heavy atom. The maximum Gasteiger partial charge on any atom is 0.490 e. The van der Waals surface area contributed by atoms with Crippen LogP contribution in [0.3, 0.4) is 0 Å². The first-order valence-corrected chi connectivity index (χ1v) is 12.0. The van der Waals surface area contributed by atoms with E-state index in [4.69, 9.17) is 9.90 Å². The number of alkyl halides is 3. The summed E-state index contributed by atoms with van der Waals surface area (Å²) in [4.78, 5) is 20.1. The number of carboxylic acid groups (broad SMARTS) is 1. The van der Waals surface area contributed by atoms with Crippen LogP contribution in [0.25, 0.3) is 0 Å². The smallest absolute Gasteiger partial charge is 0.490 e. The molecular weight excluding hydrogens is 475 g/mol. The Kier molecular flexibility index (Phi) is 7.17. The van der Waals surface area contributed by atoms with E-state index in [0.29, 0.717) is 17.7 Å². The monoisotopic (exact) mass is 505 g/mol. The normalized spacial score (nSPS) is 24.3. The molecule has 5 N–H and O–H groups in total. The number of aromatic hydroxyl groups is 1. The summed E-state index contributed by atoms with van der Waals surface area (Å²) in [6, 6.07) is 12.3. The van der Waals surface area contributed by atoms with Gasteiger partial charge in [-0.3, -0.25) is 4.79 Å². The molecule has 1 amide bonds. The summed E-state index contributed by atoms with van der Waals surface area (Å²) < 4.78 is 31.7. The van der Waals surface area contributed by atoms with Crippen molar-refractivity contribution < 1.29 is 33.0 Å². The number of anilines is 3. The molecule has 0 spiro atoms. The Balaban J connectivity index is 0.000000384. The zero-order valence-corrected chi connectivity index (χ0v) is 19.9. The summed E-state index contributed by atoms with van der Waals surface area (Å²) >= 11 is 0. The molecule has 1 saturated heterocycles. The van der Waals surface area contributed by atoms with Gasteiger partial charge in [0, 0.05) is 29.8 Å². The van der Waals surface area contributed by atoms with Gasteiger partial charge in [-0.25, -0.2) is 4.79 Å². The van der Waals surface area contributed by atoms with Crippen molar-refractivity contribution in [3.8, 4) is 5.75 Å². The predicted octanol–water partition coefficient (Wildman–Crippen LogP) is 5.07. The lowest BCUT2D eigenvalue weighted by Crippen LogP contribution is -2.59. The average molecular weight is 506 g/mol. The molecule has 10 heteroatoms. The second-order valence-electron chi connectivity index (χ2n) is 9.74. The average Bonchev–Trinajstić information content (AvgIpc) is 2.81.